The van der Waals surface area contributed by atoms with Crippen molar-refractivity contribution in [2.24, 2.45) is 0 Å². The summed E-state index contributed by atoms with van der Waals surface area (Å²) >= 11 is 0. The second-order valence-corrected chi connectivity index (χ2v) is 4.29. The minimum Gasteiger partial charge on any atom is -0.380 e. The topological polar surface area (TPSA) is 52.0 Å². The Bertz CT molecular complexity index is 734. The van der Waals surface area contributed by atoms with Gasteiger partial charge in [-0.1, -0.05) is 17.3 Å². The van der Waals surface area contributed by atoms with Crippen LogP contribution in [0.1, 0.15) is 0 Å². The van der Waals surface area contributed by atoms with E-state index in [1.54, 1.807) is 24.3 Å². The first-order chi connectivity index (χ1) is 9.65. The summed E-state index contributed by atoms with van der Waals surface area (Å²) < 4.78 is 31.2. The Hall–Kier alpha value is -2.69. The molecule has 1 aromatic heterocycles. The van der Waals surface area contributed by atoms with Gasteiger partial charge in [0.05, 0.1) is 5.56 Å². The lowest BCUT2D eigenvalue weighted by Crippen LogP contribution is -1.89. The monoisotopic (exact) mass is 272 g/mol. The van der Waals surface area contributed by atoms with Crippen LogP contribution in [0.25, 0.3) is 22.5 Å². The fourth-order valence-electron chi connectivity index (χ4n) is 2.00. The third-order valence-corrected chi connectivity index (χ3v) is 2.96. The first-order valence-electron chi connectivity index (χ1n) is 5.92. The van der Waals surface area contributed by atoms with Crippen molar-refractivity contribution in [2.75, 3.05) is 5.73 Å². The highest BCUT2D eigenvalue weighted by Crippen LogP contribution is 2.36. The van der Waals surface area contributed by atoms with Gasteiger partial charge in [-0.3, -0.25) is 0 Å². The summed E-state index contributed by atoms with van der Waals surface area (Å²) in [6, 6.07) is 11.6. The maximum Gasteiger partial charge on any atom is 0.176 e. The molecule has 3 rings (SSSR count). The van der Waals surface area contributed by atoms with E-state index in [1.807, 2.05) is 0 Å². The summed E-state index contributed by atoms with van der Waals surface area (Å²) in [5, 5.41) is 3.73. The van der Waals surface area contributed by atoms with E-state index in [4.69, 9.17) is 10.3 Å². The molecule has 0 saturated carbocycles. The zero-order valence-electron chi connectivity index (χ0n) is 10.3. The fourth-order valence-corrected chi connectivity index (χ4v) is 2.00. The van der Waals surface area contributed by atoms with Gasteiger partial charge in [0.15, 0.2) is 11.6 Å². The first kappa shape index (κ1) is 12.3. The van der Waals surface area contributed by atoms with Gasteiger partial charge in [0.1, 0.15) is 11.6 Å². The number of halogens is 2. The van der Waals surface area contributed by atoms with Crippen molar-refractivity contribution < 1.29 is 13.3 Å². The summed E-state index contributed by atoms with van der Waals surface area (Å²) in [6.45, 7) is 0. The molecule has 0 radical (unpaired) electrons. The van der Waals surface area contributed by atoms with Crippen LogP contribution in [0.2, 0.25) is 0 Å². The quantitative estimate of drug-likeness (QED) is 0.770. The highest BCUT2D eigenvalue weighted by molar-refractivity contribution is 5.86. The Morgan fingerprint density at radius 3 is 1.85 bits per heavy atom. The van der Waals surface area contributed by atoms with E-state index in [9.17, 15) is 8.78 Å². The van der Waals surface area contributed by atoms with Crippen LogP contribution < -0.4 is 5.73 Å². The lowest BCUT2D eigenvalue weighted by Gasteiger charge is -2.03. The normalized spacial score (nSPS) is 10.7. The summed E-state index contributed by atoms with van der Waals surface area (Å²) in [6.07, 6.45) is 0. The highest BCUT2D eigenvalue weighted by atomic mass is 19.1. The SMILES string of the molecule is Nc1noc(-c2ccc(F)cc2)c1-c1ccc(F)cc1. The molecule has 1 heterocycles. The van der Waals surface area contributed by atoms with E-state index in [0.717, 1.165) is 0 Å². The number of nitrogens with zero attached hydrogens (tertiary/aromatic N) is 1. The smallest absolute Gasteiger partial charge is 0.176 e. The highest BCUT2D eigenvalue weighted by Gasteiger charge is 2.17. The molecule has 0 aliphatic carbocycles. The molecule has 0 unspecified atom stereocenters. The van der Waals surface area contributed by atoms with Crippen molar-refractivity contribution in [1.82, 2.24) is 5.16 Å². The van der Waals surface area contributed by atoms with E-state index in [2.05, 4.69) is 5.16 Å². The van der Waals surface area contributed by atoms with Crippen molar-refractivity contribution in [3.05, 3.63) is 60.2 Å². The largest absolute Gasteiger partial charge is 0.380 e. The minimum atomic E-state index is -0.343. The molecule has 20 heavy (non-hydrogen) atoms. The molecule has 0 saturated heterocycles. The van der Waals surface area contributed by atoms with Gasteiger partial charge in [-0.25, -0.2) is 8.78 Å². The van der Waals surface area contributed by atoms with Crippen molar-refractivity contribution in [3.8, 4) is 22.5 Å². The number of anilines is 1. The fraction of sp³-hybridized carbons (Fsp3) is 0. The molecule has 100 valence electrons. The molecular weight excluding hydrogens is 262 g/mol. The Balaban J connectivity index is 2.14. The molecule has 3 aromatic rings. The molecule has 0 amide bonds. The van der Waals surface area contributed by atoms with Crippen molar-refractivity contribution in [2.45, 2.75) is 0 Å². The van der Waals surface area contributed by atoms with Crippen LogP contribution in [0.3, 0.4) is 0 Å². The van der Waals surface area contributed by atoms with Crippen LogP contribution in [0.15, 0.2) is 53.1 Å². The van der Waals surface area contributed by atoms with Gasteiger partial charge in [-0.05, 0) is 42.0 Å². The Morgan fingerprint density at radius 2 is 1.30 bits per heavy atom. The zero-order valence-corrected chi connectivity index (χ0v) is 10.3. The van der Waals surface area contributed by atoms with Crippen molar-refractivity contribution >= 4 is 5.82 Å². The summed E-state index contributed by atoms with van der Waals surface area (Å²) in [4.78, 5) is 0. The van der Waals surface area contributed by atoms with Gasteiger partial charge >= 0.3 is 0 Å². The Labute approximate surface area is 113 Å². The van der Waals surface area contributed by atoms with E-state index < -0.39 is 0 Å². The molecule has 0 spiro atoms. The predicted octanol–water partition coefficient (Wildman–Crippen LogP) is 3.87. The van der Waals surface area contributed by atoms with Crippen molar-refractivity contribution in [1.29, 1.82) is 0 Å². The molecule has 0 bridgehead atoms. The average Bonchev–Trinajstić information content (AvgIpc) is 2.83. The van der Waals surface area contributed by atoms with Gasteiger partial charge in [0, 0.05) is 5.56 Å². The second kappa shape index (κ2) is 4.77. The second-order valence-electron chi connectivity index (χ2n) is 4.29. The third kappa shape index (κ3) is 2.14. The molecule has 0 aliphatic rings. The van der Waals surface area contributed by atoms with E-state index in [0.29, 0.717) is 22.5 Å². The lowest BCUT2D eigenvalue weighted by molar-refractivity contribution is 0.436. The number of hydrogen-bond acceptors (Lipinski definition) is 3. The average molecular weight is 272 g/mol. The van der Waals surface area contributed by atoms with Gasteiger partial charge < -0.3 is 10.3 Å². The van der Waals surface area contributed by atoms with Crippen LogP contribution in [0.5, 0.6) is 0 Å². The number of benzene rings is 2. The Kier molecular flexibility index (Phi) is 2.95. The number of hydrogen-bond donors (Lipinski definition) is 1. The van der Waals surface area contributed by atoms with Crippen LogP contribution in [0, 0.1) is 11.6 Å². The lowest BCUT2D eigenvalue weighted by atomic mass is 10.0. The minimum absolute atomic E-state index is 0.205. The summed E-state index contributed by atoms with van der Waals surface area (Å²) in [5.41, 5.74) is 7.71. The third-order valence-electron chi connectivity index (χ3n) is 2.96. The van der Waals surface area contributed by atoms with Crippen LogP contribution in [-0.2, 0) is 0 Å². The van der Waals surface area contributed by atoms with Crippen molar-refractivity contribution in [3.63, 3.8) is 0 Å². The van der Waals surface area contributed by atoms with Crippen LogP contribution >= 0.6 is 0 Å². The predicted molar refractivity (Wildman–Crippen MR) is 71.7 cm³/mol. The number of rotatable bonds is 2. The number of nitrogen functional groups attached to an aromatic ring is 1. The zero-order chi connectivity index (χ0) is 14.1. The van der Waals surface area contributed by atoms with E-state index >= 15 is 0 Å². The standard InChI is InChI=1S/C15H10F2N2O/c16-11-5-1-9(2-6-11)13-14(20-19-15(13)18)10-3-7-12(17)8-4-10/h1-8H,(H2,18,19). The maximum atomic E-state index is 13.0. The number of aromatic nitrogens is 1. The molecule has 2 aromatic carbocycles. The van der Waals surface area contributed by atoms with Crippen LogP contribution in [0.4, 0.5) is 14.6 Å². The number of nitrogens with two attached hydrogens (primary N) is 1. The molecule has 5 heteroatoms. The molecule has 0 aliphatic heterocycles. The van der Waals surface area contributed by atoms with Gasteiger partial charge in [-0.15, -0.1) is 0 Å². The van der Waals surface area contributed by atoms with E-state index in [1.165, 1.54) is 24.3 Å². The van der Waals surface area contributed by atoms with E-state index in [-0.39, 0.29) is 17.5 Å². The van der Waals surface area contributed by atoms with Gasteiger partial charge in [-0.2, -0.15) is 0 Å². The molecule has 2 N–H and O–H groups in total. The molecule has 0 fully saturated rings. The summed E-state index contributed by atoms with van der Waals surface area (Å²) in [7, 11) is 0. The van der Waals surface area contributed by atoms with Gasteiger partial charge in [0.2, 0.25) is 0 Å². The molecular formula is C15H10F2N2O. The first-order valence-corrected chi connectivity index (χ1v) is 5.92. The maximum absolute atomic E-state index is 13.0. The van der Waals surface area contributed by atoms with Crippen LogP contribution in [-0.4, -0.2) is 5.16 Å². The summed E-state index contributed by atoms with van der Waals surface area (Å²) in [5.74, 6) is -0.0540. The Morgan fingerprint density at radius 1 is 0.800 bits per heavy atom. The molecule has 3 nitrogen and oxygen atoms in total. The van der Waals surface area contributed by atoms with Gasteiger partial charge in [0.25, 0.3) is 0 Å². The molecule has 0 atom stereocenters.